The summed E-state index contributed by atoms with van der Waals surface area (Å²) < 4.78 is 84.4. The van der Waals surface area contributed by atoms with Gasteiger partial charge in [0.2, 0.25) is 0 Å². The van der Waals surface area contributed by atoms with E-state index in [9.17, 15) is 26.3 Å². The van der Waals surface area contributed by atoms with E-state index in [4.69, 9.17) is 15.9 Å². The van der Waals surface area contributed by atoms with E-state index in [-0.39, 0.29) is 39.9 Å². The maximum atomic E-state index is 12.8. The molecule has 8 nitrogen and oxygen atoms in total. The molecule has 1 saturated carbocycles. The minimum Gasteiger partial charge on any atom is -0.403 e. The Bertz CT molecular complexity index is 1100. The van der Waals surface area contributed by atoms with Crippen molar-refractivity contribution in [2.45, 2.75) is 51.1 Å². The number of alkyl halides is 6. The molecule has 2 aromatic heterocycles. The Hall–Kier alpha value is -3.45. The Morgan fingerprint density at radius 2 is 1.53 bits per heavy atom. The van der Waals surface area contributed by atoms with E-state index < -0.39 is 24.8 Å². The molecule has 0 spiro atoms. The Morgan fingerprint density at radius 3 is 2.03 bits per heavy atom. The van der Waals surface area contributed by atoms with Gasteiger partial charge in [0.25, 0.3) is 5.89 Å². The third-order valence-electron chi connectivity index (χ3n) is 4.79. The van der Waals surface area contributed by atoms with Gasteiger partial charge in [0.05, 0.1) is 0 Å². The van der Waals surface area contributed by atoms with Crippen LogP contribution in [0.1, 0.15) is 38.5 Å². The van der Waals surface area contributed by atoms with Gasteiger partial charge in [0.15, 0.2) is 5.75 Å². The fourth-order valence-corrected chi connectivity index (χ4v) is 3.34. The number of aromatic nitrogens is 3. The fraction of sp³-hybridized carbons (Fsp3) is 0.450. The average molecular weight is 492 g/mol. The molecule has 1 aliphatic rings. The Labute approximate surface area is 189 Å². The smallest absolute Gasteiger partial charge is 0.403 e. The summed E-state index contributed by atoms with van der Waals surface area (Å²) in [5.41, 5.74) is 10.2. The number of nitrogens with two attached hydrogens (primary N) is 2. The van der Waals surface area contributed by atoms with Crippen LogP contribution >= 0.6 is 0 Å². The first kappa shape index (κ1) is 25.2. The lowest BCUT2D eigenvalue weighted by Gasteiger charge is -2.16. The third-order valence-corrected chi connectivity index (χ3v) is 4.79. The summed E-state index contributed by atoms with van der Waals surface area (Å²) in [6.07, 6.45) is -0.720. The monoisotopic (exact) mass is 492 g/mol. The summed E-state index contributed by atoms with van der Waals surface area (Å²) in [6, 6.07) is 2.72. The molecule has 3 aromatic rings. The second-order valence-electron chi connectivity index (χ2n) is 7.55. The molecule has 1 aromatic carbocycles. The molecule has 5 N–H and O–H groups in total. The normalized spacial score (nSPS) is 14.4. The molecule has 0 radical (unpaired) electrons. The summed E-state index contributed by atoms with van der Waals surface area (Å²) in [5, 5.41) is 8.84. The molecule has 4 rings (SSSR count). The van der Waals surface area contributed by atoms with Crippen LogP contribution in [0.4, 0.5) is 43.7 Å². The highest BCUT2D eigenvalue weighted by molar-refractivity contribution is 5.98. The summed E-state index contributed by atoms with van der Waals surface area (Å²) in [6.45, 7) is -1.48. The first-order chi connectivity index (χ1) is 15.9. The molecule has 2 heterocycles. The maximum absolute atomic E-state index is 12.8. The topological polar surface area (TPSA) is 125 Å². The molecule has 1 aliphatic carbocycles. The van der Waals surface area contributed by atoms with Crippen LogP contribution in [0.2, 0.25) is 0 Å². The van der Waals surface area contributed by atoms with E-state index in [1.54, 1.807) is 0 Å². The molecular weight excluding hydrogens is 470 g/mol. The molecule has 14 heteroatoms. The van der Waals surface area contributed by atoms with Gasteiger partial charge >= 0.3 is 18.6 Å². The first-order valence-corrected chi connectivity index (χ1v) is 10.3. The third kappa shape index (κ3) is 7.28. The predicted molar refractivity (Wildman–Crippen MR) is 113 cm³/mol. The van der Waals surface area contributed by atoms with E-state index in [0.717, 1.165) is 12.1 Å². The lowest BCUT2D eigenvalue weighted by Crippen LogP contribution is -2.22. The van der Waals surface area contributed by atoms with Gasteiger partial charge in [0, 0.05) is 22.8 Å². The lowest BCUT2D eigenvalue weighted by atomic mass is 10.0. The van der Waals surface area contributed by atoms with Crippen LogP contribution in [0.5, 0.6) is 5.75 Å². The van der Waals surface area contributed by atoms with Crippen LogP contribution in [-0.4, -0.2) is 34.3 Å². The molecular formula is C20H22F6N6O2. The molecule has 0 amide bonds. The number of fused-ring (bicyclic) bond motifs is 1. The maximum Gasteiger partial charge on any atom is 0.573 e. The van der Waals surface area contributed by atoms with Gasteiger partial charge in [-0.3, -0.25) is 0 Å². The van der Waals surface area contributed by atoms with Crippen LogP contribution in [0, 0.1) is 0 Å². The fourth-order valence-electron chi connectivity index (χ4n) is 3.34. The van der Waals surface area contributed by atoms with Crippen molar-refractivity contribution < 1.29 is 35.5 Å². The van der Waals surface area contributed by atoms with E-state index in [2.05, 4.69) is 19.9 Å². The molecule has 186 valence electrons. The van der Waals surface area contributed by atoms with Crippen LogP contribution in [0.3, 0.4) is 0 Å². The molecule has 0 saturated heterocycles. The number of hydrogen-bond acceptors (Lipinski definition) is 8. The van der Waals surface area contributed by atoms with Crippen LogP contribution in [-0.2, 0) is 0 Å². The number of rotatable bonds is 4. The number of ether oxygens (including phenoxy) is 1. The lowest BCUT2D eigenvalue weighted by molar-refractivity contribution is -0.274. The van der Waals surface area contributed by atoms with Crippen molar-refractivity contribution in [3.05, 3.63) is 18.2 Å². The molecule has 0 aliphatic heterocycles. The Balaban J connectivity index is 0.000000469. The number of pyridine rings is 1. The number of nitrogens with one attached hydrogen (secondary N) is 1. The molecule has 0 bridgehead atoms. The van der Waals surface area contributed by atoms with Crippen molar-refractivity contribution >= 4 is 28.3 Å². The van der Waals surface area contributed by atoms with Crippen LogP contribution in [0.15, 0.2) is 22.6 Å². The van der Waals surface area contributed by atoms with Gasteiger partial charge < -0.3 is 25.9 Å². The van der Waals surface area contributed by atoms with Crippen LogP contribution in [0.25, 0.3) is 22.5 Å². The second-order valence-corrected chi connectivity index (χ2v) is 7.55. The standard InChI is InChI=1S/C14H10F6N6O2.C6H12/c15-13(16,17)4-23-5-1-6-7(21)3-8(11-25-26-12(22)27-11)24-10(6)9(2-5)28-14(18,19)20;1-2-4-6-5-3-1/h1-3,23H,4H2,(H2,21,24)(H2,22,26);1-6H2. The van der Waals surface area contributed by atoms with Gasteiger partial charge in [0.1, 0.15) is 17.8 Å². The van der Waals surface area contributed by atoms with Crippen molar-refractivity contribution in [2.75, 3.05) is 23.3 Å². The molecule has 1 fully saturated rings. The number of anilines is 3. The number of nitrogens with zero attached hydrogens (tertiary/aromatic N) is 3. The molecule has 0 atom stereocenters. The number of benzene rings is 1. The summed E-state index contributed by atoms with van der Waals surface area (Å²) in [4.78, 5) is 3.95. The Kier molecular flexibility index (Phi) is 7.57. The summed E-state index contributed by atoms with van der Waals surface area (Å²) >= 11 is 0. The van der Waals surface area contributed by atoms with Crippen molar-refractivity contribution in [3.8, 4) is 17.3 Å². The van der Waals surface area contributed by atoms with Crippen molar-refractivity contribution in [1.82, 2.24) is 15.2 Å². The highest BCUT2D eigenvalue weighted by Crippen LogP contribution is 2.37. The molecule has 0 unspecified atom stereocenters. The van der Waals surface area contributed by atoms with Gasteiger partial charge in [-0.25, -0.2) is 4.98 Å². The van der Waals surface area contributed by atoms with E-state index >= 15 is 0 Å². The summed E-state index contributed by atoms with van der Waals surface area (Å²) in [7, 11) is 0. The SMILES string of the molecule is C1CCCCC1.Nc1nnc(-c2cc(N)c3cc(NCC(F)(F)F)cc(OC(F)(F)F)c3n2)o1. The minimum absolute atomic E-state index is 0.0809. The highest BCUT2D eigenvalue weighted by Gasteiger charge is 2.33. The first-order valence-electron chi connectivity index (χ1n) is 10.3. The van der Waals surface area contributed by atoms with Crippen LogP contribution < -0.4 is 21.5 Å². The minimum atomic E-state index is -5.13. The summed E-state index contributed by atoms with van der Waals surface area (Å²) in [5.74, 6) is -1.08. The number of halogens is 6. The number of nitrogen functional groups attached to an aromatic ring is 2. The Morgan fingerprint density at radius 1 is 0.912 bits per heavy atom. The van der Waals surface area contributed by atoms with Gasteiger partial charge in [-0.05, 0) is 12.1 Å². The second kappa shape index (κ2) is 10.2. The van der Waals surface area contributed by atoms with Crippen molar-refractivity contribution in [3.63, 3.8) is 0 Å². The van der Waals surface area contributed by atoms with Gasteiger partial charge in [-0.15, -0.1) is 18.3 Å². The van der Waals surface area contributed by atoms with Gasteiger partial charge in [-0.2, -0.15) is 13.2 Å². The number of hydrogen-bond donors (Lipinski definition) is 3. The quantitative estimate of drug-likeness (QED) is 0.398. The zero-order valence-corrected chi connectivity index (χ0v) is 17.8. The zero-order valence-electron chi connectivity index (χ0n) is 17.8. The van der Waals surface area contributed by atoms with Gasteiger partial charge in [-0.1, -0.05) is 43.6 Å². The predicted octanol–water partition coefficient (Wildman–Crippen LogP) is 5.66. The zero-order chi connectivity index (χ0) is 24.9. The molecule has 34 heavy (non-hydrogen) atoms. The average Bonchev–Trinajstić information content (AvgIpc) is 3.19. The van der Waals surface area contributed by atoms with E-state index in [0.29, 0.717) is 0 Å². The van der Waals surface area contributed by atoms with E-state index in [1.807, 2.05) is 5.32 Å². The largest absolute Gasteiger partial charge is 0.573 e. The van der Waals surface area contributed by atoms with Crippen molar-refractivity contribution in [2.24, 2.45) is 0 Å². The van der Waals surface area contributed by atoms with E-state index in [1.165, 1.54) is 44.6 Å². The van der Waals surface area contributed by atoms with Crippen molar-refractivity contribution in [1.29, 1.82) is 0 Å². The highest BCUT2D eigenvalue weighted by atomic mass is 19.4.